The Labute approximate surface area is 172 Å². The van der Waals surface area contributed by atoms with Crippen molar-refractivity contribution in [1.82, 2.24) is 10.6 Å². The van der Waals surface area contributed by atoms with Crippen LogP contribution in [0.25, 0.3) is 0 Å². The van der Waals surface area contributed by atoms with Gasteiger partial charge in [0, 0.05) is 17.0 Å². The maximum atomic E-state index is 12.8. The largest absolute Gasteiger partial charge is 0.480 e. The number of hydrogen-bond acceptors (Lipinski definition) is 5. The van der Waals surface area contributed by atoms with E-state index >= 15 is 0 Å². The summed E-state index contributed by atoms with van der Waals surface area (Å²) >= 11 is 11.9. The molecule has 8 nitrogen and oxygen atoms in total. The molecule has 1 heterocycles. The fourth-order valence-electron chi connectivity index (χ4n) is 3.10. The van der Waals surface area contributed by atoms with Crippen molar-refractivity contribution in [2.75, 3.05) is 11.5 Å². The van der Waals surface area contributed by atoms with Crippen LogP contribution in [-0.4, -0.2) is 48.9 Å². The SMILES string of the molecule is CC(=O)NC(C(=O)NC(C(=O)O)C1CCS(=O)(=O)CC1)c1cc(Cl)cc(Cl)c1. The van der Waals surface area contributed by atoms with Gasteiger partial charge in [-0.15, -0.1) is 0 Å². The average molecular weight is 451 g/mol. The third kappa shape index (κ3) is 6.08. The first-order valence-corrected chi connectivity index (χ1v) is 11.0. The van der Waals surface area contributed by atoms with Crippen LogP contribution < -0.4 is 10.6 Å². The van der Waals surface area contributed by atoms with Gasteiger partial charge in [0.25, 0.3) is 0 Å². The van der Waals surface area contributed by atoms with Crippen LogP contribution >= 0.6 is 23.2 Å². The number of carbonyl (C=O) groups is 3. The molecule has 1 aromatic rings. The van der Waals surface area contributed by atoms with Gasteiger partial charge in [-0.25, -0.2) is 13.2 Å². The zero-order valence-electron chi connectivity index (χ0n) is 14.9. The van der Waals surface area contributed by atoms with E-state index in [0.29, 0.717) is 5.56 Å². The molecule has 1 aliphatic heterocycles. The second-order valence-corrected chi connectivity index (χ2v) is 9.83. The predicted molar refractivity (Wildman–Crippen MR) is 104 cm³/mol. The Bertz CT molecular complexity index is 855. The quantitative estimate of drug-likeness (QED) is 0.602. The van der Waals surface area contributed by atoms with Gasteiger partial charge in [-0.3, -0.25) is 9.59 Å². The molecule has 11 heteroatoms. The van der Waals surface area contributed by atoms with Gasteiger partial charge in [0.2, 0.25) is 11.8 Å². The van der Waals surface area contributed by atoms with Crippen molar-refractivity contribution >= 4 is 50.8 Å². The Morgan fingerprint density at radius 2 is 1.61 bits per heavy atom. The third-order valence-electron chi connectivity index (χ3n) is 4.46. The molecule has 28 heavy (non-hydrogen) atoms. The predicted octanol–water partition coefficient (Wildman–Crippen LogP) is 1.56. The summed E-state index contributed by atoms with van der Waals surface area (Å²) in [7, 11) is -3.18. The Morgan fingerprint density at radius 1 is 1.07 bits per heavy atom. The molecule has 0 spiro atoms. The van der Waals surface area contributed by atoms with Crippen molar-refractivity contribution in [3.8, 4) is 0 Å². The molecule has 0 saturated carbocycles. The monoisotopic (exact) mass is 450 g/mol. The van der Waals surface area contributed by atoms with Crippen LogP contribution in [0.15, 0.2) is 18.2 Å². The fraction of sp³-hybridized carbons (Fsp3) is 0.471. The van der Waals surface area contributed by atoms with Crippen LogP contribution in [0.4, 0.5) is 0 Å². The number of halogens is 2. The first kappa shape index (κ1) is 22.4. The second kappa shape index (κ2) is 9.11. The van der Waals surface area contributed by atoms with Crippen molar-refractivity contribution in [2.24, 2.45) is 5.92 Å². The molecule has 1 aromatic carbocycles. The van der Waals surface area contributed by atoms with Gasteiger partial charge in [0.15, 0.2) is 0 Å². The number of rotatable bonds is 6. The van der Waals surface area contributed by atoms with Crippen LogP contribution in [0.5, 0.6) is 0 Å². The molecule has 2 unspecified atom stereocenters. The number of hydrogen-bond donors (Lipinski definition) is 3. The zero-order chi connectivity index (χ0) is 21.1. The summed E-state index contributed by atoms with van der Waals surface area (Å²) in [5.74, 6) is -3.33. The highest BCUT2D eigenvalue weighted by Gasteiger charge is 2.36. The number of amides is 2. The Kier molecular flexibility index (Phi) is 7.30. The molecule has 1 saturated heterocycles. The summed E-state index contributed by atoms with van der Waals surface area (Å²) in [6.45, 7) is 1.22. The lowest BCUT2D eigenvalue weighted by molar-refractivity contribution is -0.144. The lowest BCUT2D eigenvalue weighted by Gasteiger charge is -2.29. The molecule has 0 bridgehead atoms. The number of nitrogens with one attached hydrogen (secondary N) is 2. The first-order chi connectivity index (χ1) is 13.0. The third-order valence-corrected chi connectivity index (χ3v) is 6.61. The van der Waals surface area contributed by atoms with E-state index in [-0.39, 0.29) is 34.4 Å². The van der Waals surface area contributed by atoms with Crippen molar-refractivity contribution in [3.63, 3.8) is 0 Å². The summed E-state index contributed by atoms with van der Waals surface area (Å²) in [5.41, 5.74) is 0.292. The molecule has 0 aliphatic carbocycles. The average Bonchev–Trinajstić information content (AvgIpc) is 2.56. The van der Waals surface area contributed by atoms with Crippen molar-refractivity contribution in [1.29, 1.82) is 0 Å². The van der Waals surface area contributed by atoms with Gasteiger partial charge >= 0.3 is 5.97 Å². The van der Waals surface area contributed by atoms with Gasteiger partial charge in [-0.2, -0.15) is 0 Å². The topological polar surface area (TPSA) is 130 Å². The number of carboxylic acid groups (broad SMARTS) is 1. The summed E-state index contributed by atoms with van der Waals surface area (Å²) < 4.78 is 23.2. The van der Waals surface area contributed by atoms with Gasteiger partial charge in [-0.1, -0.05) is 23.2 Å². The normalized spacial score (nSPS) is 18.7. The van der Waals surface area contributed by atoms with E-state index in [1.54, 1.807) is 0 Å². The molecule has 2 atom stereocenters. The molecule has 154 valence electrons. The number of aliphatic carboxylic acids is 1. The van der Waals surface area contributed by atoms with Crippen LogP contribution in [0.3, 0.4) is 0 Å². The Balaban J connectivity index is 2.24. The van der Waals surface area contributed by atoms with Gasteiger partial charge < -0.3 is 15.7 Å². The number of sulfone groups is 1. The molecule has 1 fully saturated rings. The minimum atomic E-state index is -3.18. The van der Waals surface area contributed by atoms with E-state index in [1.807, 2.05) is 0 Å². The Hall–Kier alpha value is -1.84. The summed E-state index contributed by atoms with van der Waals surface area (Å²) in [6, 6.07) is 1.85. The van der Waals surface area contributed by atoms with Crippen molar-refractivity contribution in [2.45, 2.75) is 31.8 Å². The van der Waals surface area contributed by atoms with Gasteiger partial charge in [-0.05, 0) is 42.5 Å². The highest BCUT2D eigenvalue weighted by Crippen LogP contribution is 2.26. The van der Waals surface area contributed by atoms with Crippen LogP contribution in [0.1, 0.15) is 31.4 Å². The minimum Gasteiger partial charge on any atom is -0.480 e. The van der Waals surface area contributed by atoms with E-state index in [4.69, 9.17) is 23.2 Å². The molecule has 3 N–H and O–H groups in total. The lowest BCUT2D eigenvalue weighted by Crippen LogP contribution is -2.51. The summed E-state index contributed by atoms with van der Waals surface area (Å²) in [6.07, 6.45) is 0.265. The maximum Gasteiger partial charge on any atom is 0.326 e. The number of carbonyl (C=O) groups excluding carboxylic acids is 2. The van der Waals surface area contributed by atoms with E-state index < -0.39 is 45.6 Å². The molecule has 1 aliphatic rings. The highest BCUT2D eigenvalue weighted by molar-refractivity contribution is 7.91. The van der Waals surface area contributed by atoms with E-state index in [1.165, 1.54) is 25.1 Å². The molecule has 0 aromatic heterocycles. The van der Waals surface area contributed by atoms with E-state index in [0.717, 1.165) is 0 Å². The zero-order valence-corrected chi connectivity index (χ0v) is 17.3. The van der Waals surface area contributed by atoms with E-state index in [9.17, 15) is 27.9 Å². The molecular formula is C17H20Cl2N2O6S. The minimum absolute atomic E-state index is 0.129. The number of carboxylic acids is 1. The molecule has 2 rings (SSSR count). The summed E-state index contributed by atoms with van der Waals surface area (Å²) in [5, 5.41) is 14.9. The van der Waals surface area contributed by atoms with Crippen LogP contribution in [-0.2, 0) is 24.2 Å². The van der Waals surface area contributed by atoms with Gasteiger partial charge in [0.1, 0.15) is 21.9 Å². The highest BCUT2D eigenvalue weighted by atomic mass is 35.5. The summed E-state index contributed by atoms with van der Waals surface area (Å²) in [4.78, 5) is 36.0. The number of benzene rings is 1. The molecular weight excluding hydrogens is 431 g/mol. The first-order valence-electron chi connectivity index (χ1n) is 8.45. The maximum absolute atomic E-state index is 12.8. The van der Waals surface area contributed by atoms with Crippen molar-refractivity contribution in [3.05, 3.63) is 33.8 Å². The van der Waals surface area contributed by atoms with Crippen LogP contribution in [0.2, 0.25) is 10.0 Å². The van der Waals surface area contributed by atoms with Crippen molar-refractivity contribution < 1.29 is 27.9 Å². The molecule has 2 amide bonds. The van der Waals surface area contributed by atoms with E-state index in [2.05, 4.69) is 10.6 Å². The fourth-order valence-corrected chi connectivity index (χ4v) is 5.18. The standard InChI is InChI=1S/C17H20Cl2N2O6S/c1-9(22)20-14(11-6-12(18)8-13(19)7-11)16(23)21-15(17(24)25)10-2-4-28(26,27)5-3-10/h6-8,10,14-15H,2-5H2,1H3,(H,20,22)(H,21,23)(H,24,25). The van der Waals surface area contributed by atoms with Crippen LogP contribution in [0, 0.1) is 5.92 Å². The van der Waals surface area contributed by atoms with Gasteiger partial charge in [0.05, 0.1) is 11.5 Å². The lowest BCUT2D eigenvalue weighted by atomic mass is 9.93. The second-order valence-electron chi connectivity index (χ2n) is 6.65. The smallest absolute Gasteiger partial charge is 0.326 e. The Morgan fingerprint density at radius 3 is 2.07 bits per heavy atom. The molecule has 0 radical (unpaired) electrons.